The number of benzene rings is 2. The Kier molecular flexibility index (Phi) is 7.97. The first kappa shape index (κ1) is 25.3. The highest BCUT2D eigenvalue weighted by atomic mass is 16.5. The number of carboxylic acid groups (broad SMARTS) is 1. The van der Waals surface area contributed by atoms with Gasteiger partial charge in [-0.3, -0.25) is 9.59 Å². The monoisotopic (exact) mass is 466 g/mol. The van der Waals surface area contributed by atoms with Crippen LogP contribution in [-0.2, 0) is 14.3 Å². The number of carbonyl (C=O) groups excluding carboxylic acids is 2. The smallest absolute Gasteiger partial charge is 0.407 e. The standard InChI is InChI=1S/C27H34N2O5/c1-15(2)24(26(31)32)18(5)28-25(30)16(3)17(4)29-27(33)34-14-23-21-12-8-6-10-19(21)20-11-7-9-13-22(20)23/h6-13,15-18,23-24H,14H2,1-5H3,(H,28,30)(H,29,33)(H,31,32). The minimum atomic E-state index is -0.944. The fourth-order valence-corrected chi connectivity index (χ4v) is 4.70. The molecule has 7 heteroatoms. The molecule has 7 nitrogen and oxygen atoms in total. The lowest BCUT2D eigenvalue weighted by Gasteiger charge is -2.27. The van der Waals surface area contributed by atoms with Gasteiger partial charge in [0.2, 0.25) is 5.91 Å². The second-order valence-corrected chi connectivity index (χ2v) is 9.45. The van der Waals surface area contributed by atoms with Crippen LogP contribution in [0.5, 0.6) is 0 Å². The van der Waals surface area contributed by atoms with Crippen LogP contribution in [0.4, 0.5) is 4.79 Å². The van der Waals surface area contributed by atoms with Crippen LogP contribution in [0.1, 0.15) is 51.7 Å². The molecule has 0 saturated carbocycles. The molecule has 182 valence electrons. The molecule has 0 saturated heterocycles. The van der Waals surface area contributed by atoms with Crippen molar-refractivity contribution in [3.8, 4) is 11.1 Å². The quantitative estimate of drug-likeness (QED) is 0.508. The maximum Gasteiger partial charge on any atom is 0.407 e. The highest BCUT2D eigenvalue weighted by Crippen LogP contribution is 2.44. The van der Waals surface area contributed by atoms with Gasteiger partial charge in [-0.2, -0.15) is 0 Å². The number of fused-ring (bicyclic) bond motifs is 3. The van der Waals surface area contributed by atoms with E-state index in [1.165, 1.54) is 0 Å². The van der Waals surface area contributed by atoms with Gasteiger partial charge < -0.3 is 20.5 Å². The van der Waals surface area contributed by atoms with E-state index in [0.29, 0.717) is 0 Å². The van der Waals surface area contributed by atoms with E-state index in [0.717, 1.165) is 22.3 Å². The Balaban J connectivity index is 1.56. The number of hydrogen-bond acceptors (Lipinski definition) is 4. The molecule has 2 aromatic rings. The van der Waals surface area contributed by atoms with Crippen LogP contribution in [0.2, 0.25) is 0 Å². The normalized spacial score (nSPS) is 16.1. The van der Waals surface area contributed by atoms with Crippen molar-refractivity contribution >= 4 is 18.0 Å². The number of aliphatic carboxylic acids is 1. The third kappa shape index (κ3) is 5.41. The van der Waals surface area contributed by atoms with Crippen molar-refractivity contribution in [2.75, 3.05) is 6.61 Å². The Morgan fingerprint density at radius 3 is 1.88 bits per heavy atom. The molecule has 1 aliphatic carbocycles. The molecule has 0 fully saturated rings. The van der Waals surface area contributed by atoms with Gasteiger partial charge in [0.25, 0.3) is 0 Å². The summed E-state index contributed by atoms with van der Waals surface area (Å²) in [6.07, 6.45) is -0.590. The minimum absolute atomic E-state index is 0.0426. The summed E-state index contributed by atoms with van der Waals surface area (Å²) in [6, 6.07) is 15.2. The summed E-state index contributed by atoms with van der Waals surface area (Å²) in [5.41, 5.74) is 4.57. The first-order valence-electron chi connectivity index (χ1n) is 11.8. The summed E-state index contributed by atoms with van der Waals surface area (Å²) in [5.74, 6) is -2.68. The second kappa shape index (κ2) is 10.7. The van der Waals surface area contributed by atoms with Crippen LogP contribution in [0.15, 0.2) is 48.5 Å². The molecule has 0 aromatic heterocycles. The highest BCUT2D eigenvalue weighted by Gasteiger charge is 2.32. The summed E-state index contributed by atoms with van der Waals surface area (Å²) in [4.78, 5) is 36.7. The fourth-order valence-electron chi connectivity index (χ4n) is 4.70. The molecule has 3 N–H and O–H groups in total. The number of alkyl carbamates (subject to hydrolysis) is 1. The topological polar surface area (TPSA) is 105 Å². The van der Waals surface area contributed by atoms with Crippen LogP contribution in [0.25, 0.3) is 11.1 Å². The zero-order chi connectivity index (χ0) is 25.0. The Morgan fingerprint density at radius 2 is 1.38 bits per heavy atom. The number of amides is 2. The van der Waals surface area contributed by atoms with Crippen LogP contribution in [-0.4, -0.2) is 41.8 Å². The predicted molar refractivity (Wildman–Crippen MR) is 130 cm³/mol. The van der Waals surface area contributed by atoms with E-state index in [2.05, 4.69) is 34.9 Å². The third-order valence-corrected chi connectivity index (χ3v) is 6.76. The Morgan fingerprint density at radius 1 is 0.853 bits per heavy atom. The van der Waals surface area contributed by atoms with E-state index >= 15 is 0 Å². The molecule has 3 rings (SSSR count). The molecule has 0 aliphatic heterocycles. The molecule has 0 bridgehead atoms. The van der Waals surface area contributed by atoms with Crippen molar-refractivity contribution in [3.05, 3.63) is 59.7 Å². The summed E-state index contributed by atoms with van der Waals surface area (Å²) in [6.45, 7) is 8.93. The predicted octanol–water partition coefficient (Wildman–Crippen LogP) is 4.41. The Hall–Kier alpha value is -3.35. The van der Waals surface area contributed by atoms with Crippen molar-refractivity contribution in [1.29, 1.82) is 0 Å². The summed E-state index contributed by atoms with van der Waals surface area (Å²) in [5, 5.41) is 15.0. The molecule has 0 radical (unpaired) electrons. The Bertz CT molecular complexity index is 1010. The summed E-state index contributed by atoms with van der Waals surface area (Å²) < 4.78 is 5.56. The first-order valence-corrected chi connectivity index (χ1v) is 11.8. The van der Waals surface area contributed by atoms with Gasteiger partial charge >= 0.3 is 12.1 Å². The van der Waals surface area contributed by atoms with Gasteiger partial charge in [0.05, 0.1) is 11.8 Å². The summed E-state index contributed by atoms with van der Waals surface area (Å²) in [7, 11) is 0. The molecule has 34 heavy (non-hydrogen) atoms. The van der Waals surface area contributed by atoms with E-state index < -0.39 is 36.0 Å². The number of ether oxygens (including phenoxy) is 1. The lowest BCUT2D eigenvalue weighted by molar-refractivity contribution is -0.144. The van der Waals surface area contributed by atoms with Crippen LogP contribution in [0.3, 0.4) is 0 Å². The zero-order valence-corrected chi connectivity index (χ0v) is 20.4. The van der Waals surface area contributed by atoms with Crippen LogP contribution in [0, 0.1) is 17.8 Å². The molecule has 4 atom stereocenters. The van der Waals surface area contributed by atoms with Gasteiger partial charge in [0.15, 0.2) is 0 Å². The molecule has 4 unspecified atom stereocenters. The van der Waals surface area contributed by atoms with E-state index in [-0.39, 0.29) is 24.3 Å². The molecule has 2 aromatic carbocycles. The number of carbonyl (C=O) groups is 3. The maximum atomic E-state index is 12.7. The molecule has 0 heterocycles. The van der Waals surface area contributed by atoms with Crippen molar-refractivity contribution in [1.82, 2.24) is 10.6 Å². The first-order chi connectivity index (χ1) is 16.1. The highest BCUT2D eigenvalue weighted by molar-refractivity contribution is 5.81. The average molecular weight is 467 g/mol. The van der Waals surface area contributed by atoms with Crippen molar-refractivity contribution < 1.29 is 24.2 Å². The average Bonchev–Trinajstić information content (AvgIpc) is 3.10. The van der Waals surface area contributed by atoms with E-state index in [1.807, 2.05) is 38.1 Å². The van der Waals surface area contributed by atoms with Gasteiger partial charge in [-0.05, 0) is 42.0 Å². The van der Waals surface area contributed by atoms with Gasteiger partial charge in [-0.25, -0.2) is 4.79 Å². The minimum Gasteiger partial charge on any atom is -0.481 e. The third-order valence-electron chi connectivity index (χ3n) is 6.76. The number of hydrogen-bond donors (Lipinski definition) is 3. The largest absolute Gasteiger partial charge is 0.481 e. The van der Waals surface area contributed by atoms with Gasteiger partial charge in [-0.1, -0.05) is 69.3 Å². The van der Waals surface area contributed by atoms with Crippen molar-refractivity contribution in [3.63, 3.8) is 0 Å². The fraction of sp³-hybridized carbons (Fsp3) is 0.444. The Labute approximate surface area is 200 Å². The molecular weight excluding hydrogens is 432 g/mol. The SMILES string of the molecule is CC(C)C(C(=O)O)C(C)NC(=O)C(C)C(C)NC(=O)OCC1c2ccccc2-c2ccccc21. The molecule has 1 aliphatic rings. The zero-order valence-electron chi connectivity index (χ0n) is 20.4. The molecule has 2 amide bonds. The van der Waals surface area contributed by atoms with Gasteiger partial charge in [0.1, 0.15) is 6.61 Å². The van der Waals surface area contributed by atoms with E-state index in [1.54, 1.807) is 20.8 Å². The van der Waals surface area contributed by atoms with Crippen LogP contribution < -0.4 is 10.6 Å². The van der Waals surface area contributed by atoms with Crippen molar-refractivity contribution in [2.45, 2.75) is 52.6 Å². The van der Waals surface area contributed by atoms with Crippen molar-refractivity contribution in [2.24, 2.45) is 17.8 Å². The van der Waals surface area contributed by atoms with Gasteiger partial charge in [-0.15, -0.1) is 0 Å². The van der Waals surface area contributed by atoms with E-state index in [9.17, 15) is 19.5 Å². The number of carboxylic acids is 1. The number of rotatable bonds is 9. The molecule has 0 spiro atoms. The lowest BCUT2D eigenvalue weighted by Crippen LogP contribution is -2.49. The lowest BCUT2D eigenvalue weighted by atomic mass is 9.89. The van der Waals surface area contributed by atoms with Crippen LogP contribution >= 0.6 is 0 Å². The second-order valence-electron chi connectivity index (χ2n) is 9.45. The summed E-state index contributed by atoms with van der Waals surface area (Å²) >= 11 is 0. The molecular formula is C27H34N2O5. The number of nitrogens with one attached hydrogen (secondary N) is 2. The maximum absolute atomic E-state index is 12.7. The van der Waals surface area contributed by atoms with Gasteiger partial charge in [0, 0.05) is 18.0 Å². The van der Waals surface area contributed by atoms with E-state index in [4.69, 9.17) is 4.74 Å².